The van der Waals surface area contributed by atoms with Crippen molar-refractivity contribution in [2.45, 2.75) is 13.5 Å². The van der Waals surface area contributed by atoms with Crippen molar-refractivity contribution in [1.82, 2.24) is 19.1 Å². The van der Waals surface area contributed by atoms with Gasteiger partial charge < -0.3 is 0 Å². The van der Waals surface area contributed by atoms with Gasteiger partial charge in [-0.1, -0.05) is 60.7 Å². The van der Waals surface area contributed by atoms with Gasteiger partial charge in [0.1, 0.15) is 0 Å². The lowest BCUT2D eigenvalue weighted by Gasteiger charge is -2.09. The molecule has 2 N–H and O–H groups in total. The van der Waals surface area contributed by atoms with E-state index < -0.39 is 11.2 Å². The third-order valence-electron chi connectivity index (χ3n) is 4.71. The van der Waals surface area contributed by atoms with Gasteiger partial charge in [0, 0.05) is 7.05 Å². The van der Waals surface area contributed by atoms with Gasteiger partial charge in [-0.15, -0.1) is 0 Å². The summed E-state index contributed by atoms with van der Waals surface area (Å²) >= 11 is 0. The predicted octanol–water partition coefficient (Wildman–Crippen LogP) is 2.31. The van der Waals surface area contributed by atoms with Crippen LogP contribution in [0.1, 0.15) is 18.1 Å². The number of aromatic amines is 1. The number of aryl methyl sites for hydroxylation is 1. The van der Waals surface area contributed by atoms with Crippen molar-refractivity contribution in [3.63, 3.8) is 0 Å². The van der Waals surface area contributed by atoms with Crippen molar-refractivity contribution in [3.8, 4) is 0 Å². The lowest BCUT2D eigenvalue weighted by molar-refractivity contribution is 0.808. The molecule has 0 saturated heterocycles. The van der Waals surface area contributed by atoms with Crippen molar-refractivity contribution in [1.29, 1.82) is 0 Å². The summed E-state index contributed by atoms with van der Waals surface area (Å²) in [5, 5.41) is 4.43. The van der Waals surface area contributed by atoms with Crippen molar-refractivity contribution in [2.24, 2.45) is 12.1 Å². The van der Waals surface area contributed by atoms with Crippen LogP contribution in [-0.2, 0) is 13.6 Å². The number of hydrazone groups is 1. The van der Waals surface area contributed by atoms with Gasteiger partial charge in [0.25, 0.3) is 5.56 Å². The molecule has 4 aromatic rings. The standard InChI is InChI=1S/C21H20N6O2/c1-14(16-11-7-4-8-12-16)24-25-20-22-18-17(19(28)23-21(29)26(18)2)27(20)13-15-9-5-3-6-10-15/h3-12H,13H2,1-2H3,(H,22,25)(H,23,28,29). The fourth-order valence-electron chi connectivity index (χ4n) is 3.12. The van der Waals surface area contributed by atoms with Crippen LogP contribution in [0.15, 0.2) is 75.4 Å². The first kappa shape index (κ1) is 18.4. The Morgan fingerprint density at radius 2 is 1.72 bits per heavy atom. The molecule has 0 saturated carbocycles. The second-order valence-corrected chi connectivity index (χ2v) is 6.67. The second-order valence-electron chi connectivity index (χ2n) is 6.67. The number of hydrogen-bond donors (Lipinski definition) is 2. The average molecular weight is 388 g/mol. The fourth-order valence-corrected chi connectivity index (χ4v) is 3.12. The summed E-state index contributed by atoms with van der Waals surface area (Å²) in [6.45, 7) is 2.29. The normalized spacial score (nSPS) is 11.7. The zero-order valence-corrected chi connectivity index (χ0v) is 16.1. The van der Waals surface area contributed by atoms with E-state index in [2.05, 4.69) is 20.5 Å². The van der Waals surface area contributed by atoms with Crippen LogP contribution < -0.4 is 16.7 Å². The molecule has 2 heterocycles. The maximum Gasteiger partial charge on any atom is 0.329 e. The van der Waals surface area contributed by atoms with Gasteiger partial charge in [-0.05, 0) is 18.1 Å². The first-order valence-corrected chi connectivity index (χ1v) is 9.14. The molecule has 2 aromatic carbocycles. The first-order valence-electron chi connectivity index (χ1n) is 9.14. The second kappa shape index (κ2) is 7.59. The molecule has 2 aromatic heterocycles. The zero-order valence-electron chi connectivity index (χ0n) is 16.1. The Bertz CT molecular complexity index is 1300. The number of hydrogen-bond acceptors (Lipinski definition) is 5. The topological polar surface area (TPSA) is 97.1 Å². The third-order valence-corrected chi connectivity index (χ3v) is 4.71. The number of imidazole rings is 1. The molecule has 0 unspecified atom stereocenters. The minimum absolute atomic E-state index is 0.296. The molecule has 8 heteroatoms. The molecule has 0 radical (unpaired) electrons. The Balaban J connectivity index is 1.83. The van der Waals surface area contributed by atoms with E-state index in [1.807, 2.05) is 67.6 Å². The maximum atomic E-state index is 12.5. The average Bonchev–Trinajstić information content (AvgIpc) is 3.10. The van der Waals surface area contributed by atoms with Crippen LogP contribution in [0, 0.1) is 0 Å². The summed E-state index contributed by atoms with van der Waals surface area (Å²) in [6, 6.07) is 19.5. The summed E-state index contributed by atoms with van der Waals surface area (Å²) in [5.74, 6) is 0.380. The van der Waals surface area contributed by atoms with Crippen LogP contribution in [-0.4, -0.2) is 24.8 Å². The van der Waals surface area contributed by atoms with E-state index in [1.165, 1.54) is 4.57 Å². The molecule has 4 rings (SSSR count). The Kier molecular flexibility index (Phi) is 4.82. The van der Waals surface area contributed by atoms with Gasteiger partial charge in [0.15, 0.2) is 11.2 Å². The highest BCUT2D eigenvalue weighted by Gasteiger charge is 2.17. The molecule has 0 bridgehead atoms. The highest BCUT2D eigenvalue weighted by atomic mass is 16.2. The van der Waals surface area contributed by atoms with Crippen LogP contribution in [0.25, 0.3) is 11.2 Å². The Morgan fingerprint density at radius 3 is 2.41 bits per heavy atom. The Hall–Kier alpha value is -3.94. The van der Waals surface area contributed by atoms with Gasteiger partial charge in [-0.3, -0.25) is 18.9 Å². The van der Waals surface area contributed by atoms with E-state index in [-0.39, 0.29) is 0 Å². The Labute approximate surface area is 166 Å². The van der Waals surface area contributed by atoms with Crippen molar-refractivity contribution < 1.29 is 0 Å². The Morgan fingerprint density at radius 1 is 1.07 bits per heavy atom. The molecule has 0 amide bonds. The van der Waals surface area contributed by atoms with Gasteiger partial charge in [0.2, 0.25) is 5.95 Å². The predicted molar refractivity (Wildman–Crippen MR) is 113 cm³/mol. The number of anilines is 1. The number of benzene rings is 2. The molecule has 0 fully saturated rings. The largest absolute Gasteiger partial charge is 0.329 e. The van der Waals surface area contributed by atoms with Crippen LogP contribution in [0.3, 0.4) is 0 Å². The van der Waals surface area contributed by atoms with Gasteiger partial charge in [-0.2, -0.15) is 10.1 Å². The number of H-pyrrole nitrogens is 1. The smallest absolute Gasteiger partial charge is 0.298 e. The molecular weight excluding hydrogens is 368 g/mol. The van der Waals surface area contributed by atoms with Crippen LogP contribution in [0.5, 0.6) is 0 Å². The van der Waals surface area contributed by atoms with E-state index in [4.69, 9.17) is 0 Å². The summed E-state index contributed by atoms with van der Waals surface area (Å²) in [4.78, 5) is 31.4. The maximum absolute atomic E-state index is 12.5. The first-order chi connectivity index (χ1) is 14.0. The van der Waals surface area contributed by atoms with Gasteiger partial charge in [-0.25, -0.2) is 10.2 Å². The molecule has 0 aliphatic rings. The number of rotatable bonds is 5. The van der Waals surface area contributed by atoms with Crippen molar-refractivity contribution >= 4 is 22.8 Å². The quantitative estimate of drug-likeness (QED) is 0.405. The summed E-state index contributed by atoms with van der Waals surface area (Å²) < 4.78 is 3.04. The third kappa shape index (κ3) is 3.60. The van der Waals surface area contributed by atoms with Gasteiger partial charge >= 0.3 is 5.69 Å². The van der Waals surface area contributed by atoms with E-state index in [9.17, 15) is 9.59 Å². The number of nitrogens with one attached hydrogen (secondary N) is 2. The fraction of sp³-hybridized carbons (Fsp3) is 0.143. The summed E-state index contributed by atoms with van der Waals surface area (Å²) in [6.07, 6.45) is 0. The number of aromatic nitrogens is 4. The SMILES string of the molecule is CC(=NNc1nc2c(c(=O)[nH]c(=O)n2C)n1Cc1ccccc1)c1ccccc1. The minimum Gasteiger partial charge on any atom is -0.298 e. The highest BCUT2D eigenvalue weighted by Crippen LogP contribution is 2.18. The molecule has 29 heavy (non-hydrogen) atoms. The van der Waals surface area contributed by atoms with Crippen LogP contribution in [0.4, 0.5) is 5.95 Å². The molecule has 146 valence electrons. The van der Waals surface area contributed by atoms with E-state index >= 15 is 0 Å². The van der Waals surface area contributed by atoms with Crippen LogP contribution >= 0.6 is 0 Å². The van der Waals surface area contributed by atoms with Crippen molar-refractivity contribution in [3.05, 3.63) is 92.6 Å². The summed E-state index contributed by atoms with van der Waals surface area (Å²) in [7, 11) is 1.57. The molecule has 0 atom stereocenters. The molecule has 0 aliphatic carbocycles. The zero-order chi connectivity index (χ0) is 20.4. The molecule has 8 nitrogen and oxygen atoms in total. The van der Waals surface area contributed by atoms with E-state index in [0.29, 0.717) is 23.7 Å². The van der Waals surface area contributed by atoms with Crippen molar-refractivity contribution in [2.75, 3.05) is 5.43 Å². The van der Waals surface area contributed by atoms with E-state index in [0.717, 1.165) is 16.8 Å². The monoisotopic (exact) mass is 388 g/mol. The minimum atomic E-state index is -0.512. The van der Waals surface area contributed by atoms with Gasteiger partial charge in [0.05, 0.1) is 12.3 Å². The molecule has 0 aliphatic heterocycles. The van der Waals surface area contributed by atoms with Crippen LogP contribution in [0.2, 0.25) is 0 Å². The lowest BCUT2D eigenvalue weighted by atomic mass is 10.1. The molecular formula is C21H20N6O2. The number of nitrogens with zero attached hydrogens (tertiary/aromatic N) is 4. The number of fused-ring (bicyclic) bond motifs is 1. The summed E-state index contributed by atoms with van der Waals surface area (Å²) in [5.41, 5.74) is 5.31. The molecule has 0 spiro atoms. The van der Waals surface area contributed by atoms with E-state index in [1.54, 1.807) is 11.6 Å². The lowest BCUT2D eigenvalue weighted by Crippen LogP contribution is -2.29. The highest BCUT2D eigenvalue weighted by molar-refractivity contribution is 5.99.